The number of carbonyl (C=O) groups excluding carboxylic acids is 2. The van der Waals surface area contributed by atoms with Crippen LogP contribution in [-0.4, -0.2) is 55.0 Å². The van der Waals surface area contributed by atoms with Crippen LogP contribution in [0.25, 0.3) is 0 Å². The van der Waals surface area contributed by atoms with Crippen molar-refractivity contribution >= 4 is 17.5 Å². The minimum Gasteiger partial charge on any atom is -0.371 e. The lowest BCUT2D eigenvalue weighted by Gasteiger charge is -2.35. The van der Waals surface area contributed by atoms with Crippen molar-refractivity contribution in [1.82, 2.24) is 10.2 Å². The Bertz CT molecular complexity index is 651. The predicted octanol–water partition coefficient (Wildman–Crippen LogP) is 1.99. The number of hydrogen-bond acceptors (Lipinski definition) is 4. The molecule has 3 rings (SSSR count). The number of nitrogens with two attached hydrogens (primary N) is 1. The number of nitrogens with zero attached hydrogens (tertiary/aromatic N) is 2. The van der Waals surface area contributed by atoms with Gasteiger partial charge in [-0.2, -0.15) is 0 Å². The molecule has 6 heteroatoms. The Morgan fingerprint density at radius 2 is 1.74 bits per heavy atom. The number of piperidine rings is 2. The molecule has 3 N–H and O–H groups in total. The monoisotopic (exact) mass is 372 g/mol. The standard InChI is InChI=1S/C21H32N4O2/c1-15(2)24-12-9-18(10-13-24)23-21(27)16-5-7-19(8-6-16)25-11-3-4-17(14-25)20(22)26/h5-8,15,17-18H,3-4,9-14H2,1-2H3,(H2,22,26)(H,23,27). The molecule has 0 aliphatic carbocycles. The van der Waals surface area contributed by atoms with Crippen LogP contribution in [-0.2, 0) is 4.79 Å². The van der Waals surface area contributed by atoms with Gasteiger partial charge in [0.05, 0.1) is 5.92 Å². The molecule has 2 heterocycles. The van der Waals surface area contributed by atoms with Crippen molar-refractivity contribution in [3.63, 3.8) is 0 Å². The summed E-state index contributed by atoms with van der Waals surface area (Å²) in [6, 6.07) is 8.52. The second-order valence-corrected chi connectivity index (χ2v) is 8.11. The number of hydrogen-bond donors (Lipinski definition) is 2. The molecule has 0 radical (unpaired) electrons. The van der Waals surface area contributed by atoms with Crippen LogP contribution in [0.5, 0.6) is 0 Å². The number of amides is 2. The van der Waals surface area contributed by atoms with E-state index < -0.39 is 0 Å². The summed E-state index contributed by atoms with van der Waals surface area (Å²) in [6.07, 6.45) is 3.83. The Hall–Kier alpha value is -2.08. The van der Waals surface area contributed by atoms with Crippen molar-refractivity contribution in [3.05, 3.63) is 29.8 Å². The van der Waals surface area contributed by atoms with E-state index in [0.29, 0.717) is 18.2 Å². The van der Waals surface area contributed by atoms with Crippen LogP contribution >= 0.6 is 0 Å². The Kier molecular flexibility index (Phi) is 6.37. The highest BCUT2D eigenvalue weighted by Crippen LogP contribution is 2.23. The van der Waals surface area contributed by atoms with Crippen LogP contribution in [0.15, 0.2) is 24.3 Å². The van der Waals surface area contributed by atoms with Gasteiger partial charge in [0.2, 0.25) is 5.91 Å². The van der Waals surface area contributed by atoms with Gasteiger partial charge in [0, 0.05) is 49.5 Å². The molecule has 0 aromatic heterocycles. The normalized spacial score (nSPS) is 22.0. The molecule has 2 fully saturated rings. The van der Waals surface area contributed by atoms with Gasteiger partial charge in [0.1, 0.15) is 0 Å². The zero-order valence-corrected chi connectivity index (χ0v) is 16.5. The fourth-order valence-electron chi connectivity index (χ4n) is 4.10. The van der Waals surface area contributed by atoms with Gasteiger partial charge in [-0.15, -0.1) is 0 Å². The fraction of sp³-hybridized carbons (Fsp3) is 0.619. The summed E-state index contributed by atoms with van der Waals surface area (Å²) in [5.74, 6) is -0.309. The number of likely N-dealkylation sites (tertiary alicyclic amines) is 1. The molecule has 2 aliphatic rings. The molecular weight excluding hydrogens is 340 g/mol. The first-order valence-corrected chi connectivity index (χ1v) is 10.1. The van der Waals surface area contributed by atoms with Crippen LogP contribution in [0, 0.1) is 5.92 Å². The van der Waals surface area contributed by atoms with Gasteiger partial charge in [0.25, 0.3) is 5.91 Å². The zero-order chi connectivity index (χ0) is 19.4. The van der Waals surface area contributed by atoms with Gasteiger partial charge in [0.15, 0.2) is 0 Å². The van der Waals surface area contributed by atoms with Gasteiger partial charge in [-0.05, 0) is 63.8 Å². The van der Waals surface area contributed by atoms with Gasteiger partial charge >= 0.3 is 0 Å². The number of rotatable bonds is 5. The first-order valence-electron chi connectivity index (χ1n) is 10.1. The Labute approximate surface area is 162 Å². The number of benzene rings is 1. The number of primary amides is 1. The van der Waals surface area contributed by atoms with E-state index in [9.17, 15) is 9.59 Å². The molecule has 0 bridgehead atoms. The lowest BCUT2D eigenvalue weighted by molar-refractivity contribution is -0.122. The molecule has 2 aliphatic heterocycles. The van der Waals surface area contributed by atoms with Crippen LogP contribution in [0.4, 0.5) is 5.69 Å². The topological polar surface area (TPSA) is 78.7 Å². The Morgan fingerprint density at radius 3 is 2.33 bits per heavy atom. The van der Waals surface area contributed by atoms with Gasteiger partial charge in [-0.1, -0.05) is 0 Å². The molecular formula is C21H32N4O2. The van der Waals surface area contributed by atoms with Crippen molar-refractivity contribution in [3.8, 4) is 0 Å². The average molecular weight is 373 g/mol. The van der Waals surface area contributed by atoms with Crippen molar-refractivity contribution in [2.45, 2.75) is 51.6 Å². The van der Waals surface area contributed by atoms with E-state index in [0.717, 1.165) is 51.0 Å². The minimum atomic E-state index is -0.223. The molecule has 6 nitrogen and oxygen atoms in total. The van der Waals surface area contributed by atoms with E-state index in [1.807, 2.05) is 24.3 Å². The van der Waals surface area contributed by atoms with Gasteiger partial charge < -0.3 is 20.9 Å². The lowest BCUT2D eigenvalue weighted by Crippen LogP contribution is -2.46. The summed E-state index contributed by atoms with van der Waals surface area (Å²) < 4.78 is 0. The van der Waals surface area contributed by atoms with Gasteiger partial charge in [-0.25, -0.2) is 0 Å². The van der Waals surface area contributed by atoms with E-state index in [1.54, 1.807) is 0 Å². The summed E-state index contributed by atoms with van der Waals surface area (Å²) in [7, 11) is 0. The smallest absolute Gasteiger partial charge is 0.251 e. The van der Waals surface area contributed by atoms with Crippen molar-refractivity contribution in [2.24, 2.45) is 11.7 Å². The third kappa shape index (κ3) is 5.01. The van der Waals surface area contributed by atoms with Gasteiger partial charge in [-0.3, -0.25) is 9.59 Å². The molecule has 1 unspecified atom stereocenters. The summed E-state index contributed by atoms with van der Waals surface area (Å²) >= 11 is 0. The largest absolute Gasteiger partial charge is 0.371 e. The van der Waals surface area contributed by atoms with E-state index in [2.05, 4.69) is 29.0 Å². The minimum absolute atomic E-state index is 0.00166. The highest BCUT2D eigenvalue weighted by atomic mass is 16.2. The molecule has 148 valence electrons. The third-order valence-electron chi connectivity index (χ3n) is 5.91. The molecule has 1 aromatic carbocycles. The third-order valence-corrected chi connectivity index (χ3v) is 5.91. The maximum atomic E-state index is 12.6. The summed E-state index contributed by atoms with van der Waals surface area (Å²) in [4.78, 5) is 28.7. The number of carbonyl (C=O) groups is 2. The van der Waals surface area contributed by atoms with Crippen molar-refractivity contribution < 1.29 is 9.59 Å². The van der Waals surface area contributed by atoms with Crippen molar-refractivity contribution in [1.29, 1.82) is 0 Å². The maximum Gasteiger partial charge on any atom is 0.251 e. The molecule has 0 spiro atoms. The fourth-order valence-corrected chi connectivity index (χ4v) is 4.10. The quantitative estimate of drug-likeness (QED) is 0.829. The molecule has 2 amide bonds. The summed E-state index contributed by atoms with van der Waals surface area (Å²) in [6.45, 7) is 8.09. The molecule has 27 heavy (non-hydrogen) atoms. The maximum absolute atomic E-state index is 12.6. The molecule has 1 atom stereocenters. The van der Waals surface area contributed by atoms with E-state index in [-0.39, 0.29) is 23.8 Å². The van der Waals surface area contributed by atoms with E-state index in [4.69, 9.17) is 5.73 Å². The lowest BCUT2D eigenvalue weighted by atomic mass is 9.97. The Morgan fingerprint density at radius 1 is 1.07 bits per heavy atom. The highest BCUT2D eigenvalue weighted by molar-refractivity contribution is 5.94. The van der Waals surface area contributed by atoms with Crippen molar-refractivity contribution in [2.75, 3.05) is 31.1 Å². The number of anilines is 1. The second kappa shape index (κ2) is 8.74. The molecule has 2 saturated heterocycles. The zero-order valence-electron chi connectivity index (χ0n) is 16.5. The Balaban J connectivity index is 1.54. The predicted molar refractivity (Wildman–Crippen MR) is 108 cm³/mol. The van der Waals surface area contributed by atoms with Crippen LogP contribution in [0.1, 0.15) is 49.9 Å². The SMILES string of the molecule is CC(C)N1CCC(NC(=O)c2ccc(N3CCCC(C(N)=O)C3)cc2)CC1. The molecule has 0 saturated carbocycles. The van der Waals surface area contributed by atoms with Crippen LogP contribution < -0.4 is 16.0 Å². The van der Waals surface area contributed by atoms with E-state index in [1.165, 1.54) is 0 Å². The highest BCUT2D eigenvalue weighted by Gasteiger charge is 2.25. The summed E-state index contributed by atoms with van der Waals surface area (Å²) in [5, 5.41) is 3.18. The first kappa shape index (κ1) is 19.7. The number of nitrogens with one attached hydrogen (secondary N) is 1. The first-order chi connectivity index (χ1) is 12.9. The van der Waals surface area contributed by atoms with E-state index >= 15 is 0 Å². The van der Waals surface area contributed by atoms with Crippen LogP contribution in [0.3, 0.4) is 0 Å². The average Bonchev–Trinajstić information content (AvgIpc) is 2.68. The molecule has 1 aromatic rings. The second-order valence-electron chi connectivity index (χ2n) is 8.11. The summed E-state index contributed by atoms with van der Waals surface area (Å²) in [5.41, 5.74) is 7.20. The van der Waals surface area contributed by atoms with Crippen LogP contribution in [0.2, 0.25) is 0 Å².